The summed E-state index contributed by atoms with van der Waals surface area (Å²) in [5.74, 6) is -0.671. The molecule has 0 aliphatic heterocycles. The predicted octanol–water partition coefficient (Wildman–Crippen LogP) is 3.09. The van der Waals surface area contributed by atoms with E-state index in [1.165, 1.54) is 23.3 Å². The minimum Gasteiger partial charge on any atom is -0.495 e. The van der Waals surface area contributed by atoms with Crippen molar-refractivity contribution in [2.24, 2.45) is 0 Å². The maximum absolute atomic E-state index is 12.8. The van der Waals surface area contributed by atoms with Crippen LogP contribution in [0.4, 0.5) is 5.69 Å². The van der Waals surface area contributed by atoms with Gasteiger partial charge in [-0.2, -0.15) is 0 Å². The molecule has 2 rings (SSSR count). The number of hydrogen-bond donors (Lipinski definition) is 2. The molecule has 0 aliphatic rings. The van der Waals surface area contributed by atoms with Gasteiger partial charge in [0.05, 0.1) is 23.6 Å². The van der Waals surface area contributed by atoms with Gasteiger partial charge in [0.15, 0.2) is 0 Å². The van der Waals surface area contributed by atoms with Gasteiger partial charge in [-0.05, 0) is 50.4 Å². The quantitative estimate of drug-likeness (QED) is 0.696. The standard InChI is InChI=1S/C20H24ClN3O4S/c1-20(2,3)23-17(25)12-24(13-7-8-15(28-4)14(21)10-13)18(26)11-22-19(27)16-6-5-9-29-16/h5-10H,11-12H2,1-4H3,(H,22,27)(H,23,25). The van der Waals surface area contributed by atoms with Gasteiger partial charge in [-0.25, -0.2) is 0 Å². The van der Waals surface area contributed by atoms with Crippen molar-refractivity contribution < 1.29 is 19.1 Å². The molecule has 0 bridgehead atoms. The number of anilines is 1. The number of amides is 3. The highest BCUT2D eigenvalue weighted by Crippen LogP contribution is 2.29. The molecule has 0 spiro atoms. The molecule has 1 heterocycles. The molecule has 2 N–H and O–H groups in total. The van der Waals surface area contributed by atoms with Crippen LogP contribution in [0.15, 0.2) is 35.7 Å². The van der Waals surface area contributed by atoms with Gasteiger partial charge in [0.1, 0.15) is 12.3 Å². The molecule has 0 saturated carbocycles. The molecule has 0 fully saturated rings. The first-order chi connectivity index (χ1) is 13.6. The van der Waals surface area contributed by atoms with E-state index in [2.05, 4.69) is 10.6 Å². The van der Waals surface area contributed by atoms with Crippen LogP contribution < -0.4 is 20.3 Å². The Morgan fingerprint density at radius 1 is 1.21 bits per heavy atom. The van der Waals surface area contributed by atoms with Crippen LogP contribution in [0, 0.1) is 0 Å². The van der Waals surface area contributed by atoms with E-state index in [1.807, 2.05) is 20.8 Å². The van der Waals surface area contributed by atoms with Crippen LogP contribution in [-0.2, 0) is 9.59 Å². The second kappa shape index (κ2) is 9.76. The zero-order valence-corrected chi connectivity index (χ0v) is 18.3. The van der Waals surface area contributed by atoms with Crippen molar-refractivity contribution in [1.82, 2.24) is 10.6 Å². The van der Waals surface area contributed by atoms with E-state index in [4.69, 9.17) is 16.3 Å². The van der Waals surface area contributed by atoms with Gasteiger partial charge in [-0.3, -0.25) is 14.4 Å². The summed E-state index contributed by atoms with van der Waals surface area (Å²) in [5.41, 5.74) is -0.0215. The topological polar surface area (TPSA) is 87.7 Å². The van der Waals surface area contributed by atoms with Crippen LogP contribution in [0.5, 0.6) is 5.75 Å². The number of thiophene rings is 1. The number of methoxy groups -OCH3 is 1. The summed E-state index contributed by atoms with van der Waals surface area (Å²) in [4.78, 5) is 39.2. The summed E-state index contributed by atoms with van der Waals surface area (Å²) in [5, 5.41) is 7.49. The van der Waals surface area contributed by atoms with Crippen LogP contribution in [-0.4, -0.2) is 43.5 Å². The number of halogens is 1. The SMILES string of the molecule is COc1ccc(N(CC(=O)NC(C)(C)C)C(=O)CNC(=O)c2cccs2)cc1Cl. The first kappa shape index (κ1) is 22.7. The Morgan fingerprint density at radius 3 is 2.48 bits per heavy atom. The van der Waals surface area contributed by atoms with Crippen LogP contribution in [0.1, 0.15) is 30.4 Å². The minimum absolute atomic E-state index is 0.215. The monoisotopic (exact) mass is 437 g/mol. The molecular formula is C20H24ClN3O4S. The molecule has 0 radical (unpaired) electrons. The molecule has 2 aromatic rings. The molecule has 1 aromatic carbocycles. The van der Waals surface area contributed by atoms with Crippen molar-refractivity contribution in [2.45, 2.75) is 26.3 Å². The minimum atomic E-state index is -0.448. The highest BCUT2D eigenvalue weighted by Gasteiger charge is 2.23. The molecular weight excluding hydrogens is 414 g/mol. The lowest BCUT2D eigenvalue weighted by atomic mass is 10.1. The number of nitrogens with one attached hydrogen (secondary N) is 2. The third-order valence-electron chi connectivity index (χ3n) is 3.71. The van der Waals surface area contributed by atoms with E-state index >= 15 is 0 Å². The Labute approximate surface area is 179 Å². The molecule has 1 aromatic heterocycles. The largest absolute Gasteiger partial charge is 0.495 e. The molecule has 9 heteroatoms. The smallest absolute Gasteiger partial charge is 0.261 e. The lowest BCUT2D eigenvalue weighted by Crippen LogP contribution is -2.49. The summed E-state index contributed by atoms with van der Waals surface area (Å²) < 4.78 is 5.14. The highest BCUT2D eigenvalue weighted by atomic mass is 35.5. The average molecular weight is 438 g/mol. The maximum Gasteiger partial charge on any atom is 0.261 e. The van der Waals surface area contributed by atoms with Gasteiger partial charge in [0.25, 0.3) is 5.91 Å². The predicted molar refractivity (Wildman–Crippen MR) is 115 cm³/mol. The number of carbonyl (C=O) groups excluding carboxylic acids is 3. The second-order valence-electron chi connectivity index (χ2n) is 7.26. The molecule has 156 valence electrons. The summed E-state index contributed by atoms with van der Waals surface area (Å²) >= 11 is 7.46. The maximum atomic E-state index is 12.8. The Bertz CT molecular complexity index is 878. The Balaban J connectivity index is 2.18. The Kier molecular flexibility index (Phi) is 7.64. The normalized spacial score (nSPS) is 10.9. The van der Waals surface area contributed by atoms with E-state index < -0.39 is 11.4 Å². The molecule has 0 atom stereocenters. The van der Waals surface area contributed by atoms with Crippen LogP contribution >= 0.6 is 22.9 Å². The summed E-state index contributed by atoms with van der Waals surface area (Å²) in [6.07, 6.45) is 0. The van der Waals surface area contributed by atoms with Crippen LogP contribution in [0.2, 0.25) is 5.02 Å². The Morgan fingerprint density at radius 2 is 1.93 bits per heavy atom. The molecule has 0 unspecified atom stereocenters. The first-order valence-corrected chi connectivity index (χ1v) is 10.1. The van der Waals surface area contributed by atoms with Crippen molar-refractivity contribution in [3.63, 3.8) is 0 Å². The molecule has 29 heavy (non-hydrogen) atoms. The lowest BCUT2D eigenvalue weighted by molar-refractivity contribution is -0.124. The van der Waals surface area contributed by atoms with Crippen molar-refractivity contribution >= 4 is 46.3 Å². The zero-order valence-electron chi connectivity index (χ0n) is 16.7. The number of nitrogens with zero attached hydrogens (tertiary/aromatic N) is 1. The van der Waals surface area contributed by atoms with E-state index in [-0.39, 0.29) is 24.9 Å². The van der Waals surface area contributed by atoms with E-state index in [9.17, 15) is 14.4 Å². The summed E-state index contributed by atoms with van der Waals surface area (Å²) in [6.45, 7) is 5.07. The Hall–Kier alpha value is -2.58. The van der Waals surface area contributed by atoms with Crippen molar-refractivity contribution in [3.05, 3.63) is 45.6 Å². The average Bonchev–Trinajstić information content (AvgIpc) is 3.17. The van der Waals surface area contributed by atoms with E-state index in [0.717, 1.165) is 0 Å². The van der Waals surface area contributed by atoms with Gasteiger partial charge in [-0.1, -0.05) is 17.7 Å². The number of ether oxygens (including phenoxy) is 1. The molecule has 0 aliphatic carbocycles. The van der Waals surface area contributed by atoms with Crippen molar-refractivity contribution in [3.8, 4) is 5.75 Å². The van der Waals surface area contributed by atoms with Gasteiger partial charge in [0.2, 0.25) is 11.8 Å². The van der Waals surface area contributed by atoms with Gasteiger partial charge in [-0.15, -0.1) is 11.3 Å². The van der Waals surface area contributed by atoms with Crippen molar-refractivity contribution in [1.29, 1.82) is 0 Å². The van der Waals surface area contributed by atoms with E-state index in [1.54, 1.807) is 35.7 Å². The third-order valence-corrected chi connectivity index (χ3v) is 4.87. The van der Waals surface area contributed by atoms with Crippen LogP contribution in [0.25, 0.3) is 0 Å². The lowest BCUT2D eigenvalue weighted by Gasteiger charge is -2.26. The number of hydrogen-bond acceptors (Lipinski definition) is 5. The van der Waals surface area contributed by atoms with Gasteiger partial charge < -0.3 is 20.3 Å². The summed E-state index contributed by atoms with van der Waals surface area (Å²) in [7, 11) is 1.49. The second-order valence-corrected chi connectivity index (χ2v) is 8.61. The fourth-order valence-electron chi connectivity index (χ4n) is 2.49. The molecule has 7 nitrogen and oxygen atoms in total. The summed E-state index contributed by atoms with van der Waals surface area (Å²) in [6, 6.07) is 8.22. The van der Waals surface area contributed by atoms with Gasteiger partial charge >= 0.3 is 0 Å². The molecule has 3 amide bonds. The van der Waals surface area contributed by atoms with Gasteiger partial charge in [0, 0.05) is 11.2 Å². The van der Waals surface area contributed by atoms with Crippen LogP contribution in [0.3, 0.4) is 0 Å². The zero-order chi connectivity index (χ0) is 21.6. The first-order valence-electron chi connectivity index (χ1n) is 8.87. The third kappa shape index (κ3) is 6.76. The highest BCUT2D eigenvalue weighted by molar-refractivity contribution is 7.12. The number of carbonyl (C=O) groups is 3. The fraction of sp³-hybridized carbons (Fsp3) is 0.350. The number of benzene rings is 1. The van der Waals surface area contributed by atoms with Crippen molar-refractivity contribution in [2.75, 3.05) is 25.1 Å². The fourth-order valence-corrected chi connectivity index (χ4v) is 3.39. The number of rotatable bonds is 7. The van der Waals surface area contributed by atoms with E-state index in [0.29, 0.717) is 21.3 Å². The molecule has 0 saturated heterocycles.